The quantitative estimate of drug-likeness (QED) is 0.834. The van der Waals surface area contributed by atoms with Crippen LogP contribution in [0.3, 0.4) is 0 Å². The van der Waals surface area contributed by atoms with Crippen molar-refractivity contribution in [3.05, 3.63) is 46.6 Å². The summed E-state index contributed by atoms with van der Waals surface area (Å²) in [5, 5.41) is 9.52. The lowest BCUT2D eigenvalue weighted by Gasteiger charge is -2.31. The molecule has 94 valence electrons. The molecule has 0 aliphatic carbocycles. The second-order valence-corrected chi connectivity index (χ2v) is 4.64. The molecule has 1 atom stereocenters. The summed E-state index contributed by atoms with van der Waals surface area (Å²) in [5.41, 5.74) is 0.777. The van der Waals surface area contributed by atoms with Gasteiger partial charge in [-0.1, -0.05) is 23.7 Å². The van der Waals surface area contributed by atoms with Gasteiger partial charge in [-0.15, -0.1) is 0 Å². The van der Waals surface area contributed by atoms with Gasteiger partial charge in [0.05, 0.1) is 6.04 Å². The van der Waals surface area contributed by atoms with Gasteiger partial charge in [0.15, 0.2) is 5.78 Å². The molecule has 1 aliphatic heterocycles. The molecular weight excluding hydrogens is 254 g/mol. The molecule has 5 heteroatoms. The number of halogens is 1. The van der Waals surface area contributed by atoms with Gasteiger partial charge in [0, 0.05) is 24.7 Å². The van der Waals surface area contributed by atoms with Gasteiger partial charge in [0.2, 0.25) is 0 Å². The van der Waals surface area contributed by atoms with Crippen molar-refractivity contribution in [1.82, 2.24) is 4.90 Å². The summed E-state index contributed by atoms with van der Waals surface area (Å²) in [4.78, 5) is 24.3. The first-order valence-corrected chi connectivity index (χ1v) is 5.82. The Morgan fingerprint density at radius 1 is 1.39 bits per heavy atom. The van der Waals surface area contributed by atoms with Crippen molar-refractivity contribution in [3.63, 3.8) is 0 Å². The fourth-order valence-electron chi connectivity index (χ4n) is 2.01. The predicted molar refractivity (Wildman–Crippen MR) is 67.3 cm³/mol. The van der Waals surface area contributed by atoms with E-state index in [1.807, 2.05) is 12.1 Å². The minimum atomic E-state index is -1.18. The molecule has 0 saturated heterocycles. The summed E-state index contributed by atoms with van der Waals surface area (Å²) in [6.45, 7) is 0. The van der Waals surface area contributed by atoms with Crippen LogP contribution in [0.2, 0.25) is 5.02 Å². The molecule has 0 spiro atoms. The van der Waals surface area contributed by atoms with Crippen LogP contribution in [0.4, 0.5) is 0 Å². The van der Waals surface area contributed by atoms with Crippen LogP contribution in [0.15, 0.2) is 36.0 Å². The van der Waals surface area contributed by atoms with E-state index < -0.39 is 5.97 Å². The van der Waals surface area contributed by atoms with Gasteiger partial charge in [0.1, 0.15) is 5.57 Å². The van der Waals surface area contributed by atoms with E-state index >= 15 is 0 Å². The fraction of sp³-hybridized carbons (Fsp3) is 0.231. The number of hydrogen-bond acceptors (Lipinski definition) is 3. The number of carboxylic acid groups (broad SMARTS) is 1. The van der Waals surface area contributed by atoms with Crippen LogP contribution in [-0.2, 0) is 9.59 Å². The van der Waals surface area contributed by atoms with Gasteiger partial charge >= 0.3 is 5.97 Å². The lowest BCUT2D eigenvalue weighted by Crippen LogP contribution is -2.31. The number of nitrogens with zero attached hydrogens (tertiary/aromatic N) is 1. The second-order valence-electron chi connectivity index (χ2n) is 4.21. The Bertz CT molecular complexity index is 522. The SMILES string of the molecule is CN1C=C(C(=O)O)C(=O)CC1c1ccc(Cl)cc1. The van der Waals surface area contributed by atoms with E-state index in [0.29, 0.717) is 5.02 Å². The molecule has 0 saturated carbocycles. The normalized spacial score (nSPS) is 19.7. The zero-order valence-electron chi connectivity index (χ0n) is 9.76. The third-order valence-corrected chi connectivity index (χ3v) is 3.24. The molecule has 1 aliphatic rings. The molecule has 0 fully saturated rings. The van der Waals surface area contributed by atoms with Crippen LogP contribution in [0.5, 0.6) is 0 Å². The van der Waals surface area contributed by atoms with Crippen LogP contribution in [0, 0.1) is 0 Å². The summed E-state index contributed by atoms with van der Waals surface area (Å²) in [7, 11) is 1.76. The first kappa shape index (κ1) is 12.6. The number of ketones is 1. The van der Waals surface area contributed by atoms with Crippen LogP contribution < -0.4 is 0 Å². The van der Waals surface area contributed by atoms with E-state index in [-0.39, 0.29) is 23.8 Å². The van der Waals surface area contributed by atoms with E-state index in [0.717, 1.165) is 5.56 Å². The maximum Gasteiger partial charge on any atom is 0.340 e. The number of Topliss-reactive ketones (excluding diaryl/α,β-unsaturated/α-hetero) is 1. The number of carbonyl (C=O) groups is 2. The highest BCUT2D eigenvalue weighted by Gasteiger charge is 2.29. The molecule has 18 heavy (non-hydrogen) atoms. The average Bonchev–Trinajstić information content (AvgIpc) is 2.32. The summed E-state index contributed by atoms with van der Waals surface area (Å²) < 4.78 is 0. The Labute approximate surface area is 109 Å². The van der Waals surface area contributed by atoms with Gasteiger partial charge in [-0.25, -0.2) is 4.79 Å². The lowest BCUT2D eigenvalue weighted by atomic mass is 9.94. The zero-order valence-corrected chi connectivity index (χ0v) is 10.5. The Balaban J connectivity index is 2.30. The van der Waals surface area contributed by atoms with Crippen LogP contribution in [0.25, 0.3) is 0 Å². The maximum atomic E-state index is 11.7. The Hall–Kier alpha value is -1.81. The standard InChI is InChI=1S/C13H12ClNO3/c1-15-7-10(13(17)18)12(16)6-11(15)8-2-4-9(14)5-3-8/h2-5,7,11H,6H2,1H3,(H,17,18). The third kappa shape index (κ3) is 2.38. The molecule has 0 radical (unpaired) electrons. The minimum absolute atomic E-state index is 0.141. The van der Waals surface area contributed by atoms with Gasteiger partial charge in [-0.05, 0) is 17.7 Å². The lowest BCUT2D eigenvalue weighted by molar-refractivity contribution is -0.135. The van der Waals surface area contributed by atoms with Gasteiger partial charge in [0.25, 0.3) is 0 Å². The second kappa shape index (κ2) is 4.82. The Morgan fingerprint density at radius 2 is 2.00 bits per heavy atom. The van der Waals surface area contributed by atoms with Crippen molar-refractivity contribution in [3.8, 4) is 0 Å². The largest absolute Gasteiger partial charge is 0.478 e. The Kier molecular flexibility index (Phi) is 3.39. The summed E-state index contributed by atoms with van der Waals surface area (Å²) >= 11 is 5.81. The highest BCUT2D eigenvalue weighted by atomic mass is 35.5. The van der Waals surface area contributed by atoms with E-state index in [9.17, 15) is 9.59 Å². The first-order chi connectivity index (χ1) is 8.49. The molecule has 1 heterocycles. The summed E-state index contributed by atoms with van der Waals surface area (Å²) in [6.07, 6.45) is 1.55. The van der Waals surface area contributed by atoms with Gasteiger partial charge < -0.3 is 10.0 Å². The third-order valence-electron chi connectivity index (χ3n) is 2.99. The summed E-state index contributed by atoms with van der Waals surface area (Å²) in [5.74, 6) is -1.53. The summed E-state index contributed by atoms with van der Waals surface area (Å²) in [6, 6.07) is 7.06. The molecule has 1 aromatic rings. The molecule has 0 amide bonds. The van der Waals surface area contributed by atoms with E-state index in [1.54, 1.807) is 24.1 Å². The average molecular weight is 266 g/mol. The number of rotatable bonds is 2. The molecular formula is C13H12ClNO3. The van der Waals surface area contributed by atoms with Crippen molar-refractivity contribution in [2.24, 2.45) is 0 Å². The van der Waals surface area contributed by atoms with Crippen molar-refractivity contribution in [2.75, 3.05) is 7.05 Å². The molecule has 0 aromatic heterocycles. The minimum Gasteiger partial charge on any atom is -0.478 e. The number of aliphatic carboxylic acids is 1. The van der Waals surface area contributed by atoms with Crippen molar-refractivity contribution >= 4 is 23.4 Å². The number of hydrogen-bond donors (Lipinski definition) is 1. The molecule has 1 aromatic carbocycles. The van der Waals surface area contributed by atoms with Crippen molar-refractivity contribution < 1.29 is 14.7 Å². The highest BCUT2D eigenvalue weighted by Crippen LogP contribution is 2.30. The smallest absolute Gasteiger partial charge is 0.340 e. The molecule has 2 rings (SSSR count). The molecule has 1 unspecified atom stereocenters. The van der Waals surface area contributed by atoms with Crippen LogP contribution in [-0.4, -0.2) is 28.8 Å². The zero-order chi connectivity index (χ0) is 13.3. The van der Waals surface area contributed by atoms with E-state index in [1.165, 1.54) is 6.20 Å². The number of benzene rings is 1. The molecule has 1 N–H and O–H groups in total. The van der Waals surface area contributed by atoms with Crippen molar-refractivity contribution in [2.45, 2.75) is 12.5 Å². The van der Waals surface area contributed by atoms with E-state index in [2.05, 4.69) is 0 Å². The van der Waals surface area contributed by atoms with Gasteiger partial charge in [-0.3, -0.25) is 4.79 Å². The number of carboxylic acids is 1. The molecule has 0 bridgehead atoms. The predicted octanol–water partition coefficient (Wildman–Crippen LogP) is 2.25. The monoisotopic (exact) mass is 265 g/mol. The highest BCUT2D eigenvalue weighted by molar-refractivity contribution is 6.30. The van der Waals surface area contributed by atoms with Crippen LogP contribution >= 0.6 is 11.6 Å². The van der Waals surface area contributed by atoms with E-state index in [4.69, 9.17) is 16.7 Å². The first-order valence-electron chi connectivity index (χ1n) is 5.44. The Morgan fingerprint density at radius 3 is 2.56 bits per heavy atom. The topological polar surface area (TPSA) is 57.6 Å². The van der Waals surface area contributed by atoms with Crippen molar-refractivity contribution in [1.29, 1.82) is 0 Å². The fourth-order valence-corrected chi connectivity index (χ4v) is 2.13. The van der Waals surface area contributed by atoms with Gasteiger partial charge in [-0.2, -0.15) is 0 Å². The maximum absolute atomic E-state index is 11.7. The number of carbonyl (C=O) groups excluding carboxylic acids is 1. The molecule has 4 nitrogen and oxygen atoms in total. The van der Waals surface area contributed by atoms with Crippen LogP contribution in [0.1, 0.15) is 18.0 Å².